The smallest absolute Gasteiger partial charge is 0.219 e. The molecular formula is C12H16N6O5. The van der Waals surface area contributed by atoms with Crippen LogP contribution in [0.4, 0.5) is 5.82 Å². The summed E-state index contributed by atoms with van der Waals surface area (Å²) in [5.41, 5.74) is 4.46. The number of nitrogens with zero attached hydrogens (tertiary/aromatic N) is 4. The first-order valence-corrected chi connectivity index (χ1v) is 6.76. The molecule has 0 saturated carbocycles. The van der Waals surface area contributed by atoms with Crippen molar-refractivity contribution in [3.05, 3.63) is 12.7 Å². The number of amides is 1. The van der Waals surface area contributed by atoms with Gasteiger partial charge in [0, 0.05) is 6.92 Å². The molecule has 23 heavy (non-hydrogen) atoms. The Morgan fingerprint density at radius 2 is 2.22 bits per heavy atom. The summed E-state index contributed by atoms with van der Waals surface area (Å²) in [6.45, 7) is 0.471. The Morgan fingerprint density at radius 1 is 1.48 bits per heavy atom. The number of anilines is 1. The molecule has 6 N–H and O–H groups in total. The molecule has 11 nitrogen and oxygen atoms in total. The predicted octanol–water partition coefficient (Wildman–Crippen LogP) is -2.52. The average Bonchev–Trinajstić information content (AvgIpc) is 3.03. The molecule has 4 atom stereocenters. The van der Waals surface area contributed by atoms with Crippen LogP contribution in [0.5, 0.6) is 0 Å². The highest BCUT2D eigenvalue weighted by molar-refractivity contribution is 5.81. The van der Waals surface area contributed by atoms with Crippen LogP contribution in [0, 0.1) is 0 Å². The Labute approximate surface area is 129 Å². The van der Waals surface area contributed by atoms with Crippen molar-refractivity contribution in [3.8, 4) is 0 Å². The number of hydrogen-bond donors (Lipinski definition) is 5. The molecule has 1 aliphatic rings. The molecule has 0 radical (unpaired) electrons. The maximum atomic E-state index is 11.3. The number of imidazole rings is 1. The zero-order valence-electron chi connectivity index (χ0n) is 12.1. The van der Waals surface area contributed by atoms with Crippen molar-refractivity contribution in [1.82, 2.24) is 24.8 Å². The second kappa shape index (κ2) is 5.38. The van der Waals surface area contributed by atoms with E-state index in [2.05, 4.69) is 20.3 Å². The van der Waals surface area contributed by atoms with Crippen molar-refractivity contribution in [2.24, 2.45) is 0 Å². The zero-order chi connectivity index (χ0) is 16.8. The summed E-state index contributed by atoms with van der Waals surface area (Å²) in [6, 6.07) is 0. The lowest BCUT2D eigenvalue weighted by Crippen LogP contribution is -2.58. The lowest BCUT2D eigenvalue weighted by molar-refractivity contribution is -0.159. The van der Waals surface area contributed by atoms with Crippen LogP contribution in [0.15, 0.2) is 12.7 Å². The molecule has 1 fully saturated rings. The van der Waals surface area contributed by atoms with Gasteiger partial charge in [0.25, 0.3) is 0 Å². The fourth-order valence-corrected chi connectivity index (χ4v) is 2.64. The van der Waals surface area contributed by atoms with Crippen molar-refractivity contribution in [2.45, 2.75) is 31.1 Å². The monoisotopic (exact) mass is 324 g/mol. The van der Waals surface area contributed by atoms with Gasteiger partial charge in [-0.3, -0.25) is 9.36 Å². The number of nitrogens with two attached hydrogens (primary N) is 1. The van der Waals surface area contributed by atoms with Crippen molar-refractivity contribution >= 4 is 22.9 Å². The highest BCUT2D eigenvalue weighted by atomic mass is 16.6. The highest BCUT2D eigenvalue weighted by Crippen LogP contribution is 2.36. The Bertz CT molecular complexity index is 751. The Morgan fingerprint density at radius 3 is 2.87 bits per heavy atom. The largest absolute Gasteiger partial charge is 0.391 e. The van der Waals surface area contributed by atoms with Gasteiger partial charge in [-0.25, -0.2) is 15.0 Å². The van der Waals surface area contributed by atoms with E-state index in [1.165, 1.54) is 24.1 Å². The molecule has 1 aliphatic heterocycles. The van der Waals surface area contributed by atoms with E-state index < -0.39 is 36.7 Å². The second-order valence-electron chi connectivity index (χ2n) is 5.26. The number of aliphatic hydroxyl groups is 3. The molecule has 1 saturated heterocycles. The molecule has 124 valence electrons. The van der Waals surface area contributed by atoms with Crippen LogP contribution in [0.25, 0.3) is 11.2 Å². The number of aromatic nitrogens is 4. The summed E-state index contributed by atoms with van der Waals surface area (Å²) in [6.07, 6.45) is -1.60. The van der Waals surface area contributed by atoms with Crippen LogP contribution in [0.3, 0.4) is 0 Å². The van der Waals surface area contributed by atoms with Gasteiger partial charge in [0.05, 0.1) is 12.9 Å². The van der Waals surface area contributed by atoms with E-state index in [9.17, 15) is 20.1 Å². The number of carbonyl (C=O) groups is 1. The fraction of sp³-hybridized carbons (Fsp3) is 0.500. The molecule has 0 unspecified atom stereocenters. The quantitative estimate of drug-likeness (QED) is 0.409. The van der Waals surface area contributed by atoms with Gasteiger partial charge >= 0.3 is 0 Å². The van der Waals surface area contributed by atoms with Gasteiger partial charge in [-0.15, -0.1) is 0 Å². The fourth-order valence-electron chi connectivity index (χ4n) is 2.64. The standard InChI is InChI=1S/C12H16N6O5/c1-5(20)17-12(2-19)8(22)7(21)11(23-12)18-4-16-6-9(13)14-3-15-10(6)18/h3-4,7-8,11,19,21-22H,2H2,1H3,(H,17,20)(H2,13,14,15)/t7-,8+,11-,12-/m1/s1. The highest BCUT2D eigenvalue weighted by Gasteiger charge is 2.55. The van der Waals surface area contributed by atoms with E-state index in [1.807, 2.05) is 0 Å². The number of aliphatic hydroxyl groups excluding tert-OH is 3. The number of ether oxygens (including phenoxy) is 1. The van der Waals surface area contributed by atoms with Gasteiger partial charge in [0.15, 0.2) is 23.4 Å². The van der Waals surface area contributed by atoms with Crippen LogP contribution in [-0.2, 0) is 9.53 Å². The second-order valence-corrected chi connectivity index (χ2v) is 5.26. The topological polar surface area (TPSA) is 169 Å². The van der Waals surface area contributed by atoms with Crippen LogP contribution in [-0.4, -0.2) is 65.3 Å². The number of hydrogen-bond acceptors (Lipinski definition) is 9. The lowest BCUT2D eigenvalue weighted by atomic mass is 10.0. The first-order chi connectivity index (χ1) is 10.9. The number of nitrogen functional groups attached to an aromatic ring is 1. The molecule has 0 bridgehead atoms. The first-order valence-electron chi connectivity index (χ1n) is 6.76. The summed E-state index contributed by atoms with van der Waals surface area (Å²) >= 11 is 0. The van der Waals surface area contributed by atoms with Gasteiger partial charge in [0.1, 0.15) is 24.1 Å². The lowest BCUT2D eigenvalue weighted by Gasteiger charge is -2.30. The Hall–Kier alpha value is -2.34. The molecular weight excluding hydrogens is 308 g/mol. The van der Waals surface area contributed by atoms with Gasteiger partial charge < -0.3 is 31.1 Å². The number of carbonyl (C=O) groups excluding carboxylic acids is 1. The molecule has 0 aliphatic carbocycles. The molecule has 3 heterocycles. The molecule has 0 aromatic carbocycles. The average molecular weight is 324 g/mol. The van der Waals surface area contributed by atoms with Crippen molar-refractivity contribution < 1.29 is 24.9 Å². The maximum absolute atomic E-state index is 11.3. The van der Waals surface area contributed by atoms with E-state index >= 15 is 0 Å². The van der Waals surface area contributed by atoms with E-state index in [0.717, 1.165) is 0 Å². The SMILES string of the molecule is CC(=O)N[C@]1(CO)O[C@@H](n2cnc3c(N)ncnc32)[C@H](O)[C@@H]1O. The first kappa shape index (κ1) is 15.6. The molecule has 2 aromatic heterocycles. The molecule has 2 aromatic rings. The number of rotatable bonds is 3. The normalized spacial score (nSPS) is 30.7. The van der Waals surface area contributed by atoms with Gasteiger partial charge in [-0.05, 0) is 0 Å². The van der Waals surface area contributed by atoms with E-state index in [1.54, 1.807) is 0 Å². The van der Waals surface area contributed by atoms with Crippen molar-refractivity contribution in [3.63, 3.8) is 0 Å². The maximum Gasteiger partial charge on any atom is 0.219 e. The minimum absolute atomic E-state index is 0.150. The predicted molar refractivity (Wildman–Crippen MR) is 75.5 cm³/mol. The summed E-state index contributed by atoms with van der Waals surface area (Å²) in [5, 5.41) is 32.4. The summed E-state index contributed by atoms with van der Waals surface area (Å²) in [5.74, 6) is -0.384. The van der Waals surface area contributed by atoms with Crippen LogP contribution >= 0.6 is 0 Å². The zero-order valence-corrected chi connectivity index (χ0v) is 12.1. The van der Waals surface area contributed by atoms with E-state index in [0.29, 0.717) is 5.52 Å². The third kappa shape index (κ3) is 2.30. The van der Waals surface area contributed by atoms with Crippen LogP contribution < -0.4 is 11.1 Å². The summed E-state index contributed by atoms with van der Waals surface area (Å²) < 4.78 is 6.91. The third-order valence-corrected chi connectivity index (χ3v) is 3.71. The molecule has 11 heteroatoms. The van der Waals surface area contributed by atoms with Gasteiger partial charge in [-0.2, -0.15) is 0 Å². The summed E-state index contributed by atoms with van der Waals surface area (Å²) in [7, 11) is 0. The van der Waals surface area contributed by atoms with E-state index in [4.69, 9.17) is 10.5 Å². The van der Waals surface area contributed by atoms with Crippen molar-refractivity contribution in [1.29, 1.82) is 0 Å². The molecule has 0 spiro atoms. The minimum Gasteiger partial charge on any atom is -0.391 e. The molecule has 1 amide bonds. The van der Waals surface area contributed by atoms with Crippen LogP contribution in [0.1, 0.15) is 13.2 Å². The number of nitrogens with one attached hydrogen (secondary N) is 1. The Kier molecular flexibility index (Phi) is 3.64. The van der Waals surface area contributed by atoms with Crippen LogP contribution in [0.2, 0.25) is 0 Å². The molecule has 3 rings (SSSR count). The van der Waals surface area contributed by atoms with E-state index in [-0.39, 0.29) is 11.5 Å². The third-order valence-electron chi connectivity index (χ3n) is 3.71. The van der Waals surface area contributed by atoms with Gasteiger partial charge in [-0.1, -0.05) is 0 Å². The van der Waals surface area contributed by atoms with Crippen molar-refractivity contribution in [2.75, 3.05) is 12.3 Å². The Balaban J connectivity index is 2.03. The minimum atomic E-state index is -1.83. The summed E-state index contributed by atoms with van der Waals surface area (Å²) in [4.78, 5) is 23.2. The van der Waals surface area contributed by atoms with Gasteiger partial charge in [0.2, 0.25) is 5.91 Å². The number of fused-ring (bicyclic) bond motifs is 1.